The van der Waals surface area contributed by atoms with Crippen LogP contribution >= 0.6 is 0 Å². The summed E-state index contributed by atoms with van der Waals surface area (Å²) in [6.45, 7) is 8.21. The van der Waals surface area contributed by atoms with E-state index in [2.05, 4.69) is 15.2 Å². The van der Waals surface area contributed by atoms with Crippen LogP contribution in [-0.4, -0.2) is 56.8 Å². The summed E-state index contributed by atoms with van der Waals surface area (Å²) in [7, 11) is 1.92. The second-order valence-corrected chi connectivity index (χ2v) is 7.30. The number of aromatic nitrogens is 3. The van der Waals surface area contributed by atoms with Crippen molar-refractivity contribution in [3.8, 4) is 0 Å². The molecule has 4 rings (SSSR count). The lowest BCUT2D eigenvalue weighted by Crippen LogP contribution is -2.48. The minimum absolute atomic E-state index is 0.151. The molecule has 3 heterocycles. The van der Waals surface area contributed by atoms with Gasteiger partial charge in [-0.1, -0.05) is 5.16 Å². The quantitative estimate of drug-likeness (QED) is 0.841. The van der Waals surface area contributed by atoms with Crippen LogP contribution < -0.4 is 0 Å². The van der Waals surface area contributed by atoms with Crippen molar-refractivity contribution in [2.75, 3.05) is 26.2 Å². The Morgan fingerprint density at radius 1 is 1.28 bits per heavy atom. The van der Waals surface area contributed by atoms with Gasteiger partial charge in [0, 0.05) is 57.4 Å². The predicted octanol–water partition coefficient (Wildman–Crippen LogP) is 1.47. The van der Waals surface area contributed by atoms with Gasteiger partial charge in [-0.3, -0.25) is 14.4 Å². The molecule has 7 heteroatoms. The molecule has 134 valence electrons. The van der Waals surface area contributed by atoms with Crippen LogP contribution in [0, 0.1) is 19.8 Å². The van der Waals surface area contributed by atoms with Crippen molar-refractivity contribution < 1.29 is 9.32 Å². The van der Waals surface area contributed by atoms with Gasteiger partial charge in [-0.25, -0.2) is 0 Å². The van der Waals surface area contributed by atoms with Crippen molar-refractivity contribution in [2.24, 2.45) is 13.0 Å². The fourth-order valence-electron chi connectivity index (χ4n) is 3.78. The molecule has 0 spiro atoms. The highest BCUT2D eigenvalue weighted by atomic mass is 16.5. The third kappa shape index (κ3) is 3.20. The van der Waals surface area contributed by atoms with E-state index < -0.39 is 0 Å². The van der Waals surface area contributed by atoms with Crippen LogP contribution in [0.2, 0.25) is 0 Å². The van der Waals surface area contributed by atoms with Gasteiger partial charge in [-0.2, -0.15) is 5.10 Å². The number of piperazine rings is 1. The highest BCUT2D eigenvalue weighted by molar-refractivity contribution is 5.83. The minimum atomic E-state index is 0.151. The molecule has 0 radical (unpaired) electrons. The Kier molecular flexibility index (Phi) is 4.11. The van der Waals surface area contributed by atoms with E-state index in [1.54, 1.807) is 0 Å². The molecule has 2 aromatic rings. The molecule has 2 unspecified atom stereocenters. The standard InChI is InChI=1S/C18H25N5O2/c1-12-17(13(2)25-20-12)11-22-4-6-23(7-5-22)18(24)16-8-15(16)14-9-19-21(3)10-14/h9-10,15-16H,4-8,11H2,1-3H3. The second kappa shape index (κ2) is 6.29. The predicted molar refractivity (Wildman–Crippen MR) is 91.9 cm³/mol. The third-order valence-corrected chi connectivity index (χ3v) is 5.51. The van der Waals surface area contributed by atoms with Crippen LogP contribution in [0.15, 0.2) is 16.9 Å². The van der Waals surface area contributed by atoms with E-state index in [9.17, 15) is 4.79 Å². The van der Waals surface area contributed by atoms with E-state index in [4.69, 9.17) is 4.52 Å². The zero-order chi connectivity index (χ0) is 17.6. The van der Waals surface area contributed by atoms with Crippen LogP contribution in [-0.2, 0) is 18.4 Å². The normalized spacial score (nSPS) is 23.9. The highest BCUT2D eigenvalue weighted by Gasteiger charge is 2.46. The van der Waals surface area contributed by atoms with E-state index in [0.717, 1.165) is 50.6 Å². The maximum atomic E-state index is 12.7. The largest absolute Gasteiger partial charge is 0.361 e. The Morgan fingerprint density at radius 3 is 2.64 bits per heavy atom. The Labute approximate surface area is 147 Å². The number of carbonyl (C=O) groups is 1. The molecule has 2 fully saturated rings. The van der Waals surface area contributed by atoms with Gasteiger partial charge in [0.15, 0.2) is 0 Å². The Hall–Kier alpha value is -2.15. The molecule has 2 aromatic heterocycles. The fraction of sp³-hybridized carbons (Fsp3) is 0.611. The molecule has 1 saturated carbocycles. The number of aryl methyl sites for hydroxylation is 3. The molecule has 0 bridgehead atoms. The molecule has 1 amide bonds. The minimum Gasteiger partial charge on any atom is -0.361 e. The summed E-state index contributed by atoms with van der Waals surface area (Å²) in [6.07, 6.45) is 4.88. The molecule has 25 heavy (non-hydrogen) atoms. The first kappa shape index (κ1) is 16.3. The summed E-state index contributed by atoms with van der Waals surface area (Å²) < 4.78 is 7.05. The van der Waals surface area contributed by atoms with E-state index in [1.165, 1.54) is 11.1 Å². The molecule has 0 aromatic carbocycles. The van der Waals surface area contributed by atoms with Crippen molar-refractivity contribution in [3.05, 3.63) is 35.0 Å². The molecule has 1 aliphatic carbocycles. The average molecular weight is 343 g/mol. The van der Waals surface area contributed by atoms with Crippen LogP contribution in [0.3, 0.4) is 0 Å². The highest BCUT2D eigenvalue weighted by Crippen LogP contribution is 2.48. The van der Waals surface area contributed by atoms with Gasteiger partial charge in [-0.05, 0) is 31.7 Å². The van der Waals surface area contributed by atoms with Crippen molar-refractivity contribution in [2.45, 2.75) is 32.7 Å². The van der Waals surface area contributed by atoms with Crippen LogP contribution in [0.4, 0.5) is 0 Å². The third-order valence-electron chi connectivity index (χ3n) is 5.51. The van der Waals surface area contributed by atoms with Gasteiger partial charge in [0.1, 0.15) is 5.76 Å². The number of nitrogens with zero attached hydrogens (tertiary/aromatic N) is 5. The molecule has 1 saturated heterocycles. The first-order chi connectivity index (χ1) is 12.0. The topological polar surface area (TPSA) is 67.4 Å². The summed E-state index contributed by atoms with van der Waals surface area (Å²) in [5, 5.41) is 8.24. The van der Waals surface area contributed by atoms with Crippen molar-refractivity contribution in [1.82, 2.24) is 24.7 Å². The molecule has 2 aliphatic rings. The van der Waals surface area contributed by atoms with E-state index >= 15 is 0 Å². The van der Waals surface area contributed by atoms with Crippen molar-refractivity contribution in [3.63, 3.8) is 0 Å². The van der Waals surface area contributed by atoms with Gasteiger partial charge in [-0.15, -0.1) is 0 Å². The van der Waals surface area contributed by atoms with E-state index in [0.29, 0.717) is 11.8 Å². The maximum Gasteiger partial charge on any atom is 0.226 e. The van der Waals surface area contributed by atoms with Crippen LogP contribution in [0.25, 0.3) is 0 Å². The molecule has 2 atom stereocenters. The summed E-state index contributed by atoms with van der Waals surface area (Å²) in [5.74, 6) is 1.72. The lowest BCUT2D eigenvalue weighted by atomic mass is 10.1. The lowest BCUT2D eigenvalue weighted by molar-refractivity contribution is -0.134. The fourth-order valence-corrected chi connectivity index (χ4v) is 3.78. The molecule has 1 aliphatic heterocycles. The van der Waals surface area contributed by atoms with Gasteiger partial charge in [0.25, 0.3) is 0 Å². The van der Waals surface area contributed by atoms with Crippen molar-refractivity contribution >= 4 is 5.91 Å². The smallest absolute Gasteiger partial charge is 0.226 e. The maximum absolute atomic E-state index is 12.7. The molecule has 0 N–H and O–H groups in total. The van der Waals surface area contributed by atoms with Crippen molar-refractivity contribution in [1.29, 1.82) is 0 Å². The van der Waals surface area contributed by atoms with Gasteiger partial charge in [0.05, 0.1) is 11.9 Å². The average Bonchev–Trinajstić information content (AvgIpc) is 3.20. The number of hydrogen-bond acceptors (Lipinski definition) is 5. The number of hydrogen-bond donors (Lipinski definition) is 0. The monoisotopic (exact) mass is 343 g/mol. The van der Waals surface area contributed by atoms with E-state index in [-0.39, 0.29) is 5.92 Å². The Morgan fingerprint density at radius 2 is 2.04 bits per heavy atom. The SMILES string of the molecule is Cc1noc(C)c1CN1CCN(C(=O)C2CC2c2cnn(C)c2)CC1. The molecular weight excluding hydrogens is 318 g/mol. The molecular formula is C18H25N5O2. The number of amides is 1. The van der Waals surface area contributed by atoms with Gasteiger partial charge < -0.3 is 9.42 Å². The van der Waals surface area contributed by atoms with Gasteiger partial charge >= 0.3 is 0 Å². The summed E-state index contributed by atoms with van der Waals surface area (Å²) in [4.78, 5) is 17.1. The van der Waals surface area contributed by atoms with Gasteiger partial charge in [0.2, 0.25) is 5.91 Å². The lowest BCUT2D eigenvalue weighted by Gasteiger charge is -2.34. The molecule has 7 nitrogen and oxygen atoms in total. The first-order valence-corrected chi connectivity index (χ1v) is 8.94. The van der Waals surface area contributed by atoms with Crippen LogP contribution in [0.1, 0.15) is 34.9 Å². The summed E-state index contributed by atoms with van der Waals surface area (Å²) in [5.41, 5.74) is 3.34. The van der Waals surface area contributed by atoms with E-state index in [1.807, 2.05) is 42.9 Å². The number of carbonyl (C=O) groups excluding carboxylic acids is 1. The zero-order valence-corrected chi connectivity index (χ0v) is 15.1. The summed E-state index contributed by atoms with van der Waals surface area (Å²) >= 11 is 0. The van der Waals surface area contributed by atoms with Crippen LogP contribution in [0.5, 0.6) is 0 Å². The second-order valence-electron chi connectivity index (χ2n) is 7.30. The first-order valence-electron chi connectivity index (χ1n) is 8.94. The Bertz CT molecular complexity index is 753. The Balaban J connectivity index is 1.30. The zero-order valence-electron chi connectivity index (χ0n) is 15.1. The summed E-state index contributed by atoms with van der Waals surface area (Å²) in [6, 6.07) is 0. The number of rotatable bonds is 4.